The summed E-state index contributed by atoms with van der Waals surface area (Å²) in [5.74, 6) is 0.566. The van der Waals surface area contributed by atoms with Crippen molar-refractivity contribution in [1.29, 1.82) is 0 Å². The molecule has 2 aromatic rings. The minimum Gasteiger partial charge on any atom is -0.467 e. The Morgan fingerprint density at radius 3 is 2.58 bits per heavy atom. The zero-order chi connectivity index (χ0) is 13.7. The molecule has 19 heavy (non-hydrogen) atoms. The van der Waals surface area contributed by atoms with Crippen LogP contribution in [0.25, 0.3) is 0 Å². The fourth-order valence-corrected chi connectivity index (χ4v) is 1.88. The summed E-state index contributed by atoms with van der Waals surface area (Å²) in [6.45, 7) is 1.86. The monoisotopic (exact) mass is 260 g/mol. The van der Waals surface area contributed by atoms with E-state index >= 15 is 0 Å². The van der Waals surface area contributed by atoms with E-state index in [4.69, 9.17) is 4.42 Å². The Morgan fingerprint density at radius 1 is 1.32 bits per heavy atom. The standard InChI is InChI=1S/C14H16N2O3/c1-2-11-5-7-12(8-6-11)15-13(10-16(17)18)14-4-3-9-19-14/h3-9,13,15H,2,10H2,1H3. The van der Waals surface area contributed by atoms with Crippen molar-refractivity contribution >= 4 is 5.69 Å². The molecule has 0 saturated heterocycles. The molecule has 0 bridgehead atoms. The largest absolute Gasteiger partial charge is 0.467 e. The van der Waals surface area contributed by atoms with Gasteiger partial charge in [0.2, 0.25) is 6.54 Å². The maximum atomic E-state index is 10.7. The first-order valence-electron chi connectivity index (χ1n) is 6.19. The fraction of sp³-hybridized carbons (Fsp3) is 0.286. The Morgan fingerprint density at radius 2 is 2.05 bits per heavy atom. The normalized spacial score (nSPS) is 12.1. The van der Waals surface area contributed by atoms with Crippen LogP contribution >= 0.6 is 0 Å². The number of aryl methyl sites for hydroxylation is 1. The molecule has 0 aliphatic carbocycles. The second kappa shape index (κ2) is 6.04. The quantitative estimate of drug-likeness (QED) is 0.639. The van der Waals surface area contributed by atoms with E-state index in [0.717, 1.165) is 12.1 Å². The van der Waals surface area contributed by atoms with Crippen LogP contribution in [-0.2, 0) is 6.42 Å². The lowest BCUT2D eigenvalue weighted by Gasteiger charge is -2.14. The van der Waals surface area contributed by atoms with Gasteiger partial charge in [0.05, 0.1) is 6.26 Å². The zero-order valence-corrected chi connectivity index (χ0v) is 10.7. The molecule has 1 atom stereocenters. The van der Waals surface area contributed by atoms with E-state index in [1.807, 2.05) is 24.3 Å². The van der Waals surface area contributed by atoms with Gasteiger partial charge in [-0.25, -0.2) is 0 Å². The molecule has 0 saturated carbocycles. The summed E-state index contributed by atoms with van der Waals surface area (Å²) >= 11 is 0. The minimum atomic E-state index is -0.461. The van der Waals surface area contributed by atoms with Crippen LogP contribution in [0.2, 0.25) is 0 Å². The molecule has 1 unspecified atom stereocenters. The van der Waals surface area contributed by atoms with Crippen molar-refractivity contribution in [2.24, 2.45) is 0 Å². The van der Waals surface area contributed by atoms with Crippen LogP contribution in [0.1, 0.15) is 24.3 Å². The number of nitro groups is 1. The summed E-state index contributed by atoms with van der Waals surface area (Å²) in [6.07, 6.45) is 2.49. The molecule has 0 spiro atoms. The first-order chi connectivity index (χ1) is 9.19. The molecule has 5 nitrogen and oxygen atoms in total. The Hall–Kier alpha value is -2.30. The van der Waals surface area contributed by atoms with Gasteiger partial charge in [0.25, 0.3) is 0 Å². The molecule has 1 heterocycles. The van der Waals surface area contributed by atoms with E-state index < -0.39 is 6.04 Å². The van der Waals surface area contributed by atoms with E-state index in [9.17, 15) is 10.1 Å². The second-order valence-electron chi connectivity index (χ2n) is 4.28. The van der Waals surface area contributed by atoms with Crippen molar-refractivity contribution in [2.45, 2.75) is 19.4 Å². The number of benzene rings is 1. The maximum absolute atomic E-state index is 10.7. The first kappa shape index (κ1) is 13.1. The minimum absolute atomic E-state index is 0.219. The lowest BCUT2D eigenvalue weighted by Crippen LogP contribution is -2.19. The third-order valence-corrected chi connectivity index (χ3v) is 2.92. The lowest BCUT2D eigenvalue weighted by atomic mass is 10.1. The molecule has 0 aliphatic heterocycles. The van der Waals surface area contributed by atoms with Crippen molar-refractivity contribution in [3.63, 3.8) is 0 Å². The number of rotatable bonds is 6. The predicted octanol–water partition coefficient (Wildman–Crippen LogP) is 3.27. The van der Waals surface area contributed by atoms with E-state index in [-0.39, 0.29) is 11.5 Å². The number of furan rings is 1. The van der Waals surface area contributed by atoms with Gasteiger partial charge in [0, 0.05) is 10.6 Å². The molecule has 1 aromatic carbocycles. The lowest BCUT2D eigenvalue weighted by molar-refractivity contribution is -0.482. The van der Waals surface area contributed by atoms with Gasteiger partial charge in [0.1, 0.15) is 11.8 Å². The van der Waals surface area contributed by atoms with Gasteiger partial charge in [-0.1, -0.05) is 19.1 Å². The summed E-state index contributed by atoms with van der Waals surface area (Å²) in [6, 6.07) is 10.9. The highest BCUT2D eigenvalue weighted by molar-refractivity contribution is 5.46. The highest BCUT2D eigenvalue weighted by Crippen LogP contribution is 2.20. The number of hydrogen-bond donors (Lipinski definition) is 1. The van der Waals surface area contributed by atoms with Crippen LogP contribution in [0.15, 0.2) is 47.1 Å². The van der Waals surface area contributed by atoms with Crippen LogP contribution in [0, 0.1) is 10.1 Å². The van der Waals surface area contributed by atoms with Crippen LogP contribution in [0.4, 0.5) is 5.69 Å². The molecule has 5 heteroatoms. The average molecular weight is 260 g/mol. The van der Waals surface area contributed by atoms with Gasteiger partial charge in [-0.2, -0.15) is 0 Å². The number of nitrogens with zero attached hydrogens (tertiary/aromatic N) is 1. The Kier molecular flexibility index (Phi) is 4.18. The molecular formula is C14H16N2O3. The number of nitrogens with one attached hydrogen (secondary N) is 1. The molecule has 100 valence electrons. The van der Waals surface area contributed by atoms with Crippen LogP contribution in [0.3, 0.4) is 0 Å². The van der Waals surface area contributed by atoms with Gasteiger partial charge >= 0.3 is 0 Å². The number of anilines is 1. The van der Waals surface area contributed by atoms with Crippen molar-refractivity contribution in [2.75, 3.05) is 11.9 Å². The zero-order valence-electron chi connectivity index (χ0n) is 10.7. The van der Waals surface area contributed by atoms with E-state index in [2.05, 4.69) is 12.2 Å². The van der Waals surface area contributed by atoms with Crippen molar-refractivity contribution in [3.8, 4) is 0 Å². The SMILES string of the molecule is CCc1ccc(NC(C[N+](=O)[O-])c2ccco2)cc1. The van der Waals surface area contributed by atoms with Gasteiger partial charge in [0.15, 0.2) is 0 Å². The molecule has 0 aliphatic rings. The maximum Gasteiger partial charge on any atom is 0.231 e. The molecule has 2 rings (SSSR count). The van der Waals surface area contributed by atoms with E-state index in [1.165, 1.54) is 11.8 Å². The highest BCUT2D eigenvalue weighted by atomic mass is 16.6. The smallest absolute Gasteiger partial charge is 0.231 e. The van der Waals surface area contributed by atoms with E-state index in [1.54, 1.807) is 12.1 Å². The summed E-state index contributed by atoms with van der Waals surface area (Å²) < 4.78 is 5.25. The summed E-state index contributed by atoms with van der Waals surface area (Å²) in [4.78, 5) is 10.4. The summed E-state index contributed by atoms with van der Waals surface area (Å²) in [5, 5.41) is 13.8. The van der Waals surface area contributed by atoms with Gasteiger partial charge in [-0.05, 0) is 36.2 Å². The predicted molar refractivity (Wildman–Crippen MR) is 72.8 cm³/mol. The van der Waals surface area contributed by atoms with Gasteiger partial charge < -0.3 is 9.73 Å². The fourth-order valence-electron chi connectivity index (χ4n) is 1.88. The molecule has 1 N–H and O–H groups in total. The van der Waals surface area contributed by atoms with Gasteiger partial charge in [-0.3, -0.25) is 10.1 Å². The Labute approximate surface area is 111 Å². The van der Waals surface area contributed by atoms with Crippen LogP contribution in [-0.4, -0.2) is 11.5 Å². The van der Waals surface area contributed by atoms with Crippen molar-refractivity contribution in [1.82, 2.24) is 0 Å². The van der Waals surface area contributed by atoms with Crippen LogP contribution in [0.5, 0.6) is 0 Å². The Balaban J connectivity index is 2.12. The Bertz CT molecular complexity index is 520. The summed E-state index contributed by atoms with van der Waals surface area (Å²) in [7, 11) is 0. The molecule has 0 fully saturated rings. The van der Waals surface area contributed by atoms with Crippen molar-refractivity contribution < 1.29 is 9.34 Å². The van der Waals surface area contributed by atoms with Crippen molar-refractivity contribution in [3.05, 3.63) is 64.1 Å². The third kappa shape index (κ3) is 3.58. The second-order valence-corrected chi connectivity index (χ2v) is 4.28. The summed E-state index contributed by atoms with van der Waals surface area (Å²) in [5.41, 5.74) is 2.08. The average Bonchev–Trinajstić information content (AvgIpc) is 2.92. The van der Waals surface area contributed by atoms with Gasteiger partial charge in [-0.15, -0.1) is 0 Å². The number of hydrogen-bond acceptors (Lipinski definition) is 4. The molecule has 1 aromatic heterocycles. The highest BCUT2D eigenvalue weighted by Gasteiger charge is 2.20. The third-order valence-electron chi connectivity index (χ3n) is 2.92. The molecule has 0 amide bonds. The van der Waals surface area contributed by atoms with E-state index in [0.29, 0.717) is 5.76 Å². The molecule has 0 radical (unpaired) electrons. The topological polar surface area (TPSA) is 68.3 Å². The first-order valence-corrected chi connectivity index (χ1v) is 6.19. The molecular weight excluding hydrogens is 244 g/mol. The van der Waals surface area contributed by atoms with Crippen LogP contribution < -0.4 is 5.32 Å².